The van der Waals surface area contributed by atoms with Gasteiger partial charge in [0.1, 0.15) is 5.75 Å². The third-order valence-electron chi connectivity index (χ3n) is 6.16. The maximum absolute atomic E-state index is 10.4. The molecular formula is C28H42O. The van der Waals surface area contributed by atoms with Gasteiger partial charge in [0.2, 0.25) is 0 Å². The van der Waals surface area contributed by atoms with Crippen molar-refractivity contribution in [3.05, 3.63) is 54.1 Å². The van der Waals surface area contributed by atoms with E-state index < -0.39 is 0 Å². The van der Waals surface area contributed by atoms with Crippen LogP contribution in [0.15, 0.2) is 48.5 Å². The molecule has 0 radical (unpaired) electrons. The third-order valence-corrected chi connectivity index (χ3v) is 6.16. The fraction of sp³-hybridized carbons (Fsp3) is 0.571. The van der Waals surface area contributed by atoms with Crippen LogP contribution in [0.3, 0.4) is 0 Å². The van der Waals surface area contributed by atoms with E-state index in [0.717, 1.165) is 5.56 Å². The predicted octanol–water partition coefficient (Wildman–Crippen LogP) is 9.25. The molecule has 0 aromatic heterocycles. The van der Waals surface area contributed by atoms with Gasteiger partial charge in [0.15, 0.2) is 0 Å². The zero-order valence-electron chi connectivity index (χ0n) is 18.8. The highest BCUT2D eigenvalue weighted by molar-refractivity contribution is 5.73. The zero-order chi connectivity index (χ0) is 20.7. The predicted molar refractivity (Wildman–Crippen MR) is 128 cm³/mol. The lowest BCUT2D eigenvalue weighted by atomic mass is 9.83. The lowest BCUT2D eigenvalue weighted by Crippen LogP contribution is -2.02. The summed E-state index contributed by atoms with van der Waals surface area (Å²) >= 11 is 0. The maximum Gasteiger partial charge on any atom is 0.123 e. The van der Waals surface area contributed by atoms with Gasteiger partial charge in [-0.3, -0.25) is 0 Å². The van der Waals surface area contributed by atoms with Crippen LogP contribution in [0.25, 0.3) is 11.1 Å². The van der Waals surface area contributed by atoms with Crippen LogP contribution in [-0.2, 0) is 0 Å². The number of benzene rings is 2. The van der Waals surface area contributed by atoms with Gasteiger partial charge in [0, 0.05) is 5.56 Å². The Balaban J connectivity index is 2.06. The van der Waals surface area contributed by atoms with Crippen molar-refractivity contribution in [3.8, 4) is 16.9 Å². The molecule has 0 aliphatic carbocycles. The number of phenols is 1. The Bertz CT molecular complexity index is 676. The average Bonchev–Trinajstić information content (AvgIpc) is 2.75. The fourth-order valence-electron chi connectivity index (χ4n) is 4.42. The quantitative estimate of drug-likeness (QED) is 0.298. The van der Waals surface area contributed by atoms with Crippen LogP contribution in [-0.4, -0.2) is 5.11 Å². The Morgan fingerprint density at radius 1 is 0.586 bits per heavy atom. The van der Waals surface area contributed by atoms with Crippen molar-refractivity contribution in [1.29, 1.82) is 0 Å². The van der Waals surface area contributed by atoms with Crippen molar-refractivity contribution in [3.63, 3.8) is 0 Å². The standard InChI is InChI=1S/C28H42O/c1-3-5-7-9-10-11-13-19-24(18-12-8-6-4-2)25-20-14-15-21-26(25)27-22-16-17-23-28(27)29/h14-17,20-24,29H,3-13,18-19H2,1-2H3. The van der Waals surface area contributed by atoms with Crippen molar-refractivity contribution in [2.45, 2.75) is 103 Å². The molecule has 0 saturated heterocycles. The minimum absolute atomic E-state index is 0.389. The Kier molecular flexibility index (Phi) is 11.6. The summed E-state index contributed by atoms with van der Waals surface area (Å²) in [6.07, 6.45) is 17.4. The highest BCUT2D eigenvalue weighted by Crippen LogP contribution is 2.38. The Labute approximate surface area is 179 Å². The molecule has 1 heteroatoms. The van der Waals surface area contributed by atoms with Crippen molar-refractivity contribution < 1.29 is 5.11 Å². The number of hydrogen-bond donors (Lipinski definition) is 1. The monoisotopic (exact) mass is 394 g/mol. The molecule has 160 valence electrons. The van der Waals surface area contributed by atoms with Gasteiger partial charge in [-0.05, 0) is 36.0 Å². The van der Waals surface area contributed by atoms with E-state index in [-0.39, 0.29) is 0 Å². The van der Waals surface area contributed by atoms with Crippen LogP contribution in [0.4, 0.5) is 0 Å². The van der Waals surface area contributed by atoms with E-state index >= 15 is 0 Å². The molecule has 0 saturated carbocycles. The molecule has 1 unspecified atom stereocenters. The number of unbranched alkanes of at least 4 members (excludes halogenated alkanes) is 9. The first kappa shape index (κ1) is 23.5. The molecule has 0 amide bonds. The van der Waals surface area contributed by atoms with E-state index in [1.165, 1.54) is 94.6 Å². The first-order chi connectivity index (χ1) is 14.3. The first-order valence-corrected chi connectivity index (χ1v) is 12.1. The van der Waals surface area contributed by atoms with Gasteiger partial charge in [-0.1, -0.05) is 127 Å². The lowest BCUT2D eigenvalue weighted by Gasteiger charge is -2.21. The van der Waals surface area contributed by atoms with Crippen molar-refractivity contribution in [2.24, 2.45) is 0 Å². The Morgan fingerprint density at radius 2 is 1.07 bits per heavy atom. The summed E-state index contributed by atoms with van der Waals surface area (Å²) < 4.78 is 0. The van der Waals surface area contributed by atoms with E-state index in [1.807, 2.05) is 12.1 Å². The van der Waals surface area contributed by atoms with Crippen molar-refractivity contribution in [1.82, 2.24) is 0 Å². The summed E-state index contributed by atoms with van der Waals surface area (Å²) in [4.78, 5) is 0. The number of rotatable bonds is 15. The Hall–Kier alpha value is -1.76. The van der Waals surface area contributed by atoms with Crippen LogP contribution in [0.1, 0.15) is 109 Å². The molecule has 0 fully saturated rings. The van der Waals surface area contributed by atoms with Gasteiger partial charge < -0.3 is 5.11 Å². The van der Waals surface area contributed by atoms with E-state index in [9.17, 15) is 5.11 Å². The van der Waals surface area contributed by atoms with E-state index in [0.29, 0.717) is 11.7 Å². The number of para-hydroxylation sites is 1. The number of aromatic hydroxyl groups is 1. The minimum atomic E-state index is 0.389. The SMILES string of the molecule is CCCCCCCCCC(CCCCCC)c1ccccc1-c1ccccc1O. The second-order valence-electron chi connectivity index (χ2n) is 8.56. The van der Waals surface area contributed by atoms with E-state index in [2.05, 4.69) is 44.2 Å². The molecule has 0 aliphatic rings. The van der Waals surface area contributed by atoms with Crippen LogP contribution >= 0.6 is 0 Å². The smallest absolute Gasteiger partial charge is 0.123 e. The third kappa shape index (κ3) is 8.25. The van der Waals surface area contributed by atoms with Gasteiger partial charge in [0.25, 0.3) is 0 Å². The van der Waals surface area contributed by atoms with Gasteiger partial charge in [-0.25, -0.2) is 0 Å². The van der Waals surface area contributed by atoms with Gasteiger partial charge in [0.05, 0.1) is 0 Å². The van der Waals surface area contributed by atoms with Gasteiger partial charge in [-0.15, -0.1) is 0 Å². The average molecular weight is 395 g/mol. The summed E-state index contributed by atoms with van der Waals surface area (Å²) in [5.74, 6) is 0.985. The van der Waals surface area contributed by atoms with Crippen LogP contribution in [0.2, 0.25) is 0 Å². The molecule has 1 nitrogen and oxygen atoms in total. The van der Waals surface area contributed by atoms with Crippen LogP contribution in [0, 0.1) is 0 Å². The van der Waals surface area contributed by atoms with Crippen LogP contribution in [0.5, 0.6) is 5.75 Å². The normalized spacial score (nSPS) is 12.2. The molecule has 0 bridgehead atoms. The second-order valence-corrected chi connectivity index (χ2v) is 8.56. The molecule has 0 heterocycles. The molecular weight excluding hydrogens is 352 g/mol. The highest BCUT2D eigenvalue weighted by Gasteiger charge is 2.17. The molecule has 1 atom stereocenters. The summed E-state index contributed by atoms with van der Waals surface area (Å²) in [5, 5.41) is 10.4. The van der Waals surface area contributed by atoms with Crippen molar-refractivity contribution in [2.75, 3.05) is 0 Å². The molecule has 2 aromatic carbocycles. The molecule has 29 heavy (non-hydrogen) atoms. The van der Waals surface area contributed by atoms with E-state index in [1.54, 1.807) is 6.07 Å². The largest absolute Gasteiger partial charge is 0.507 e. The molecule has 0 aliphatic heterocycles. The lowest BCUT2D eigenvalue weighted by molar-refractivity contribution is 0.476. The molecule has 2 aromatic rings. The topological polar surface area (TPSA) is 20.2 Å². The van der Waals surface area contributed by atoms with Gasteiger partial charge >= 0.3 is 0 Å². The Morgan fingerprint density at radius 3 is 1.69 bits per heavy atom. The zero-order valence-corrected chi connectivity index (χ0v) is 18.8. The number of hydrogen-bond acceptors (Lipinski definition) is 1. The molecule has 0 spiro atoms. The highest BCUT2D eigenvalue weighted by atomic mass is 16.3. The summed E-state index contributed by atoms with van der Waals surface area (Å²) in [5.41, 5.74) is 3.62. The molecule has 2 rings (SSSR count). The molecule has 1 N–H and O–H groups in total. The second kappa shape index (κ2) is 14.3. The summed E-state index contributed by atoms with van der Waals surface area (Å²) in [6.45, 7) is 4.56. The van der Waals surface area contributed by atoms with E-state index in [4.69, 9.17) is 0 Å². The summed E-state index contributed by atoms with van der Waals surface area (Å²) in [6, 6.07) is 16.5. The minimum Gasteiger partial charge on any atom is -0.507 e. The van der Waals surface area contributed by atoms with Gasteiger partial charge in [-0.2, -0.15) is 0 Å². The maximum atomic E-state index is 10.4. The van der Waals surface area contributed by atoms with Crippen LogP contribution < -0.4 is 0 Å². The fourth-order valence-corrected chi connectivity index (χ4v) is 4.42. The number of phenolic OH excluding ortho intramolecular Hbond substituents is 1. The van der Waals surface area contributed by atoms with Crippen molar-refractivity contribution >= 4 is 0 Å². The summed E-state index contributed by atoms with van der Waals surface area (Å²) in [7, 11) is 0. The first-order valence-electron chi connectivity index (χ1n) is 12.1.